The van der Waals surface area contributed by atoms with Gasteiger partial charge >= 0.3 is 0 Å². The molecule has 3 heteroatoms. The highest BCUT2D eigenvalue weighted by Gasteiger charge is 2.23. The van der Waals surface area contributed by atoms with E-state index in [1.807, 2.05) is 26.1 Å². The van der Waals surface area contributed by atoms with Crippen LogP contribution in [0, 0.1) is 6.92 Å². The fourth-order valence-electron chi connectivity index (χ4n) is 2.54. The third-order valence-electron chi connectivity index (χ3n) is 3.38. The first-order chi connectivity index (χ1) is 8.22. The highest BCUT2D eigenvalue weighted by Crippen LogP contribution is 2.34. The van der Waals surface area contributed by atoms with Crippen LogP contribution >= 0.6 is 0 Å². The molecule has 17 heavy (non-hydrogen) atoms. The maximum atomic E-state index is 12.0. The lowest BCUT2D eigenvalue weighted by atomic mass is 9.97. The van der Waals surface area contributed by atoms with Crippen LogP contribution in [0.1, 0.15) is 60.1 Å². The molecule has 1 aromatic rings. The van der Waals surface area contributed by atoms with E-state index < -0.39 is 0 Å². The summed E-state index contributed by atoms with van der Waals surface area (Å²) in [6, 6.07) is 1.96. The molecular weight excluding hydrogens is 212 g/mol. The molecule has 1 heterocycles. The Morgan fingerprint density at radius 1 is 1.47 bits per heavy atom. The Morgan fingerprint density at radius 3 is 2.82 bits per heavy atom. The smallest absolute Gasteiger partial charge is 0.253 e. The number of hydrogen-bond acceptors (Lipinski definition) is 2. The monoisotopic (exact) mass is 232 g/mol. The van der Waals surface area contributed by atoms with Crippen molar-refractivity contribution in [3.8, 4) is 0 Å². The van der Waals surface area contributed by atoms with Crippen molar-refractivity contribution < 1.29 is 4.79 Å². The standard InChI is InChI=1S/C14H20N2O/c1-3-15-14(17)12-8-10(2)9-16-13(12)11-6-4-5-7-11/h8-9,11H,3-7H2,1-2H3,(H,15,17). The summed E-state index contributed by atoms with van der Waals surface area (Å²) in [7, 11) is 0. The molecule has 1 aliphatic carbocycles. The maximum Gasteiger partial charge on any atom is 0.253 e. The highest BCUT2D eigenvalue weighted by molar-refractivity contribution is 5.95. The molecule has 1 N–H and O–H groups in total. The largest absolute Gasteiger partial charge is 0.352 e. The number of amides is 1. The Hall–Kier alpha value is -1.38. The molecule has 3 nitrogen and oxygen atoms in total. The second kappa shape index (κ2) is 5.30. The number of hydrogen-bond donors (Lipinski definition) is 1. The van der Waals surface area contributed by atoms with Crippen molar-refractivity contribution in [3.63, 3.8) is 0 Å². The number of nitrogens with one attached hydrogen (secondary N) is 1. The van der Waals surface area contributed by atoms with Gasteiger partial charge in [0.2, 0.25) is 0 Å². The van der Waals surface area contributed by atoms with Crippen molar-refractivity contribution in [3.05, 3.63) is 29.1 Å². The number of rotatable bonds is 3. The van der Waals surface area contributed by atoms with Crippen molar-refractivity contribution in [2.24, 2.45) is 0 Å². The first kappa shape index (κ1) is 12.1. The molecule has 0 bridgehead atoms. The molecule has 0 aromatic carbocycles. The fraction of sp³-hybridized carbons (Fsp3) is 0.571. The minimum atomic E-state index is 0.0191. The molecule has 1 fully saturated rings. The third kappa shape index (κ3) is 2.65. The zero-order chi connectivity index (χ0) is 12.3. The van der Waals surface area contributed by atoms with Crippen LogP contribution in [0.4, 0.5) is 0 Å². The minimum absolute atomic E-state index is 0.0191. The van der Waals surface area contributed by atoms with Crippen LogP contribution < -0.4 is 5.32 Å². The Labute approximate surface area is 103 Å². The first-order valence-electron chi connectivity index (χ1n) is 6.47. The second-order valence-corrected chi connectivity index (χ2v) is 4.79. The summed E-state index contributed by atoms with van der Waals surface area (Å²) in [5, 5.41) is 2.87. The normalized spacial score (nSPS) is 16.1. The van der Waals surface area contributed by atoms with E-state index in [1.54, 1.807) is 0 Å². The van der Waals surface area contributed by atoms with Gasteiger partial charge in [-0.1, -0.05) is 12.8 Å². The maximum absolute atomic E-state index is 12.0. The molecule has 1 aliphatic rings. The predicted molar refractivity (Wildman–Crippen MR) is 68.2 cm³/mol. The number of pyridine rings is 1. The number of nitrogens with zero attached hydrogens (tertiary/aromatic N) is 1. The molecule has 0 aliphatic heterocycles. The van der Waals surface area contributed by atoms with Gasteiger partial charge in [0.05, 0.1) is 11.3 Å². The fourth-order valence-corrected chi connectivity index (χ4v) is 2.54. The lowest BCUT2D eigenvalue weighted by Gasteiger charge is -2.14. The molecule has 0 atom stereocenters. The van der Waals surface area contributed by atoms with Crippen molar-refractivity contribution in [2.75, 3.05) is 6.54 Å². The molecule has 1 aromatic heterocycles. The number of carbonyl (C=O) groups is 1. The summed E-state index contributed by atoms with van der Waals surface area (Å²) in [5.41, 5.74) is 2.82. The van der Waals surface area contributed by atoms with Gasteiger partial charge in [-0.05, 0) is 38.3 Å². The average molecular weight is 232 g/mol. The Balaban J connectivity index is 2.33. The van der Waals surface area contributed by atoms with E-state index in [-0.39, 0.29) is 5.91 Å². The van der Waals surface area contributed by atoms with Gasteiger partial charge in [-0.3, -0.25) is 9.78 Å². The lowest BCUT2D eigenvalue weighted by Crippen LogP contribution is -2.25. The molecule has 1 saturated carbocycles. The van der Waals surface area contributed by atoms with E-state index in [1.165, 1.54) is 25.7 Å². The van der Waals surface area contributed by atoms with Crippen LogP contribution in [0.2, 0.25) is 0 Å². The van der Waals surface area contributed by atoms with Crippen LogP contribution in [0.15, 0.2) is 12.3 Å². The zero-order valence-corrected chi connectivity index (χ0v) is 10.6. The Morgan fingerprint density at radius 2 is 2.18 bits per heavy atom. The molecule has 0 saturated heterocycles. The summed E-state index contributed by atoms with van der Waals surface area (Å²) < 4.78 is 0. The van der Waals surface area contributed by atoms with Gasteiger partial charge in [0, 0.05) is 18.7 Å². The summed E-state index contributed by atoms with van der Waals surface area (Å²) in [4.78, 5) is 16.5. The third-order valence-corrected chi connectivity index (χ3v) is 3.38. The topological polar surface area (TPSA) is 42.0 Å². The molecule has 0 radical (unpaired) electrons. The number of aryl methyl sites for hydroxylation is 1. The molecule has 92 valence electrons. The predicted octanol–water partition coefficient (Wildman–Crippen LogP) is 2.80. The lowest BCUT2D eigenvalue weighted by molar-refractivity contribution is 0.0954. The van der Waals surface area contributed by atoms with E-state index >= 15 is 0 Å². The molecule has 1 amide bonds. The van der Waals surface area contributed by atoms with E-state index in [0.717, 1.165) is 16.8 Å². The van der Waals surface area contributed by atoms with E-state index in [9.17, 15) is 4.79 Å². The van der Waals surface area contributed by atoms with Crippen molar-refractivity contribution in [1.82, 2.24) is 10.3 Å². The van der Waals surface area contributed by atoms with Crippen LogP contribution in [0.25, 0.3) is 0 Å². The summed E-state index contributed by atoms with van der Waals surface area (Å²) >= 11 is 0. The van der Waals surface area contributed by atoms with E-state index in [0.29, 0.717) is 12.5 Å². The Kier molecular flexibility index (Phi) is 3.77. The molecule has 0 spiro atoms. The van der Waals surface area contributed by atoms with E-state index in [4.69, 9.17) is 0 Å². The van der Waals surface area contributed by atoms with Gasteiger partial charge in [0.15, 0.2) is 0 Å². The van der Waals surface area contributed by atoms with Gasteiger partial charge in [0.1, 0.15) is 0 Å². The van der Waals surface area contributed by atoms with Crippen LogP contribution in [-0.4, -0.2) is 17.4 Å². The van der Waals surface area contributed by atoms with Crippen LogP contribution in [-0.2, 0) is 0 Å². The van der Waals surface area contributed by atoms with Gasteiger partial charge < -0.3 is 5.32 Å². The van der Waals surface area contributed by atoms with Gasteiger partial charge in [0.25, 0.3) is 5.91 Å². The van der Waals surface area contributed by atoms with Crippen LogP contribution in [0.3, 0.4) is 0 Å². The summed E-state index contributed by atoms with van der Waals surface area (Å²) in [6.07, 6.45) is 6.73. The SMILES string of the molecule is CCNC(=O)c1cc(C)cnc1C1CCCC1. The molecular formula is C14H20N2O. The number of aromatic nitrogens is 1. The summed E-state index contributed by atoms with van der Waals surface area (Å²) in [6.45, 7) is 4.58. The number of carbonyl (C=O) groups excluding carboxylic acids is 1. The zero-order valence-electron chi connectivity index (χ0n) is 10.6. The highest BCUT2D eigenvalue weighted by atomic mass is 16.1. The van der Waals surface area contributed by atoms with Crippen molar-refractivity contribution in [2.45, 2.75) is 45.4 Å². The quantitative estimate of drug-likeness (QED) is 0.870. The van der Waals surface area contributed by atoms with Gasteiger partial charge in [-0.15, -0.1) is 0 Å². The van der Waals surface area contributed by atoms with Crippen molar-refractivity contribution >= 4 is 5.91 Å². The van der Waals surface area contributed by atoms with Gasteiger partial charge in [-0.2, -0.15) is 0 Å². The van der Waals surface area contributed by atoms with E-state index in [2.05, 4.69) is 10.3 Å². The van der Waals surface area contributed by atoms with Crippen LogP contribution in [0.5, 0.6) is 0 Å². The first-order valence-corrected chi connectivity index (χ1v) is 6.47. The minimum Gasteiger partial charge on any atom is -0.352 e. The average Bonchev–Trinajstić information content (AvgIpc) is 2.82. The Bertz CT molecular complexity index is 409. The second-order valence-electron chi connectivity index (χ2n) is 4.79. The summed E-state index contributed by atoms with van der Waals surface area (Å²) in [5.74, 6) is 0.499. The van der Waals surface area contributed by atoms with Gasteiger partial charge in [-0.25, -0.2) is 0 Å². The molecule has 0 unspecified atom stereocenters. The molecule has 2 rings (SSSR count). The van der Waals surface area contributed by atoms with Crippen molar-refractivity contribution in [1.29, 1.82) is 0 Å².